The van der Waals surface area contributed by atoms with Gasteiger partial charge >= 0.3 is 0 Å². The van der Waals surface area contributed by atoms with Crippen LogP contribution in [0, 0.1) is 3.57 Å². The van der Waals surface area contributed by atoms with Crippen molar-refractivity contribution in [1.82, 2.24) is 4.98 Å². The van der Waals surface area contributed by atoms with Crippen molar-refractivity contribution in [3.63, 3.8) is 0 Å². The average Bonchev–Trinajstić information content (AvgIpc) is 2.62. The van der Waals surface area contributed by atoms with Gasteiger partial charge in [-0.05, 0) is 59.9 Å². The Labute approximate surface area is 120 Å². The van der Waals surface area contributed by atoms with E-state index in [1.807, 2.05) is 0 Å². The van der Waals surface area contributed by atoms with Crippen molar-refractivity contribution < 1.29 is 0 Å². The summed E-state index contributed by atoms with van der Waals surface area (Å²) in [5.41, 5.74) is 7.62. The Morgan fingerprint density at radius 2 is 2.00 bits per heavy atom. The first-order chi connectivity index (χ1) is 8.81. The number of anilines is 1. The third kappa shape index (κ3) is 1.97. The normalized spacial score (nSPS) is 15.2. The van der Waals surface area contributed by atoms with Crippen molar-refractivity contribution in [1.29, 1.82) is 0 Å². The number of nitrogen functional groups attached to an aromatic ring is 1. The molecule has 4 heteroatoms. The van der Waals surface area contributed by atoms with Crippen LogP contribution in [0.2, 0.25) is 0 Å². The van der Waals surface area contributed by atoms with Crippen LogP contribution in [0.5, 0.6) is 0 Å². The lowest BCUT2D eigenvalue weighted by molar-refractivity contribution is 0.709. The van der Waals surface area contributed by atoms with E-state index in [0.29, 0.717) is 0 Å². The summed E-state index contributed by atoms with van der Waals surface area (Å²) < 4.78 is 1.19. The molecule has 1 aromatic heterocycles. The fraction of sp³-hybridized carbons (Fsp3) is 0.357. The van der Waals surface area contributed by atoms with Gasteiger partial charge in [0.15, 0.2) is 0 Å². The molecule has 1 aliphatic carbocycles. The van der Waals surface area contributed by atoms with Gasteiger partial charge in [0.2, 0.25) is 0 Å². The van der Waals surface area contributed by atoms with Crippen molar-refractivity contribution in [2.45, 2.75) is 32.1 Å². The van der Waals surface area contributed by atoms with E-state index >= 15 is 0 Å². The number of nitrogens with one attached hydrogen (secondary N) is 1. The van der Waals surface area contributed by atoms with E-state index in [-0.39, 0.29) is 0 Å². The summed E-state index contributed by atoms with van der Waals surface area (Å²) in [6.45, 7) is 0. The highest BCUT2D eigenvalue weighted by Crippen LogP contribution is 2.33. The molecule has 0 saturated carbocycles. The van der Waals surface area contributed by atoms with Gasteiger partial charge in [-0.1, -0.05) is 18.6 Å². The Bertz CT molecular complexity index is 595. The second-order valence-corrected chi connectivity index (χ2v) is 5.92. The molecule has 2 aromatic rings. The summed E-state index contributed by atoms with van der Waals surface area (Å²) in [6.07, 6.45) is 5.92. The van der Waals surface area contributed by atoms with Gasteiger partial charge in [0.1, 0.15) is 0 Å². The van der Waals surface area contributed by atoms with Crippen LogP contribution >= 0.6 is 22.6 Å². The standard InChI is InChI=1S/C14H16IN3/c15-11-7-4-6-10-13(18-16)9-5-2-1-3-8-12(9)17-14(10)11/h4,6-7H,1-3,5,8,16H2,(H,17,18). The van der Waals surface area contributed by atoms with Gasteiger partial charge < -0.3 is 5.43 Å². The molecule has 0 aliphatic heterocycles. The summed E-state index contributed by atoms with van der Waals surface area (Å²) in [5, 5.41) is 1.14. The topological polar surface area (TPSA) is 50.9 Å². The zero-order chi connectivity index (χ0) is 12.5. The zero-order valence-corrected chi connectivity index (χ0v) is 12.3. The molecule has 0 atom stereocenters. The number of hydrogen-bond donors (Lipinski definition) is 2. The zero-order valence-electron chi connectivity index (χ0n) is 10.2. The Kier molecular flexibility index (Phi) is 3.39. The van der Waals surface area contributed by atoms with Crippen molar-refractivity contribution in [3.8, 4) is 0 Å². The molecule has 0 amide bonds. The molecule has 1 aliphatic rings. The highest BCUT2D eigenvalue weighted by Gasteiger charge is 2.17. The number of pyridine rings is 1. The van der Waals surface area contributed by atoms with Gasteiger partial charge in [-0.25, -0.2) is 0 Å². The lowest BCUT2D eigenvalue weighted by Crippen LogP contribution is -2.12. The van der Waals surface area contributed by atoms with Gasteiger partial charge in [-0.3, -0.25) is 10.8 Å². The number of nitrogens with two attached hydrogens (primary N) is 1. The van der Waals surface area contributed by atoms with Crippen molar-refractivity contribution >= 4 is 39.2 Å². The Balaban J connectivity index is 2.34. The summed E-state index contributed by atoms with van der Waals surface area (Å²) in [4.78, 5) is 4.88. The largest absolute Gasteiger partial charge is 0.323 e. The molecule has 1 heterocycles. The molecule has 94 valence electrons. The number of benzene rings is 1. The quantitative estimate of drug-likeness (QED) is 0.358. The van der Waals surface area contributed by atoms with E-state index in [1.165, 1.54) is 34.1 Å². The molecule has 0 spiro atoms. The third-order valence-electron chi connectivity index (χ3n) is 3.64. The second kappa shape index (κ2) is 5.01. The smallest absolute Gasteiger partial charge is 0.0860 e. The summed E-state index contributed by atoms with van der Waals surface area (Å²) >= 11 is 2.34. The van der Waals surface area contributed by atoms with E-state index in [0.717, 1.165) is 29.4 Å². The minimum atomic E-state index is 1.07. The van der Waals surface area contributed by atoms with E-state index in [4.69, 9.17) is 10.8 Å². The van der Waals surface area contributed by atoms with Crippen molar-refractivity contribution in [2.75, 3.05) is 5.43 Å². The number of fused-ring (bicyclic) bond motifs is 2. The second-order valence-electron chi connectivity index (χ2n) is 4.75. The van der Waals surface area contributed by atoms with Gasteiger partial charge in [0.05, 0.1) is 11.2 Å². The van der Waals surface area contributed by atoms with Crippen molar-refractivity contribution in [2.24, 2.45) is 5.84 Å². The monoisotopic (exact) mass is 353 g/mol. The molecule has 3 rings (SSSR count). The molecule has 1 aromatic carbocycles. The molecule has 18 heavy (non-hydrogen) atoms. The van der Waals surface area contributed by atoms with E-state index in [1.54, 1.807) is 0 Å². The van der Waals surface area contributed by atoms with Gasteiger partial charge in [0.25, 0.3) is 0 Å². The Hall–Kier alpha value is -0.880. The lowest BCUT2D eigenvalue weighted by Gasteiger charge is -2.15. The molecule has 0 fully saturated rings. The first kappa shape index (κ1) is 12.2. The minimum Gasteiger partial charge on any atom is -0.323 e. The van der Waals surface area contributed by atoms with E-state index in [9.17, 15) is 0 Å². The molecule has 3 nitrogen and oxygen atoms in total. The lowest BCUT2D eigenvalue weighted by atomic mass is 10.0. The molecular formula is C14H16IN3. The molecule has 3 N–H and O–H groups in total. The number of aryl methyl sites for hydroxylation is 1. The maximum atomic E-state index is 5.76. The maximum Gasteiger partial charge on any atom is 0.0860 e. The first-order valence-corrected chi connectivity index (χ1v) is 7.45. The van der Waals surface area contributed by atoms with Crippen LogP contribution in [0.4, 0.5) is 5.69 Å². The van der Waals surface area contributed by atoms with Gasteiger partial charge in [-0.2, -0.15) is 0 Å². The van der Waals surface area contributed by atoms with Crippen LogP contribution in [0.1, 0.15) is 30.5 Å². The number of para-hydroxylation sites is 1. The van der Waals surface area contributed by atoms with E-state index < -0.39 is 0 Å². The number of nitrogens with zero attached hydrogens (tertiary/aromatic N) is 1. The summed E-state index contributed by atoms with van der Waals surface area (Å²) in [6, 6.07) is 6.26. The van der Waals surface area contributed by atoms with Crippen LogP contribution in [0.25, 0.3) is 10.9 Å². The maximum absolute atomic E-state index is 5.76. The Morgan fingerprint density at radius 1 is 1.17 bits per heavy atom. The summed E-state index contributed by atoms with van der Waals surface area (Å²) in [7, 11) is 0. The SMILES string of the molecule is NNc1c2c(nc3c(I)cccc13)CCCCC2. The number of aromatic nitrogens is 1. The molecular weight excluding hydrogens is 337 g/mol. The van der Waals surface area contributed by atoms with Crippen LogP contribution in [-0.2, 0) is 12.8 Å². The van der Waals surface area contributed by atoms with Crippen molar-refractivity contribution in [3.05, 3.63) is 33.0 Å². The third-order valence-corrected chi connectivity index (χ3v) is 4.51. The first-order valence-electron chi connectivity index (χ1n) is 6.38. The van der Waals surface area contributed by atoms with Gasteiger partial charge in [0, 0.05) is 14.7 Å². The fourth-order valence-corrected chi connectivity index (χ4v) is 3.37. The number of halogens is 1. The average molecular weight is 353 g/mol. The molecule has 0 unspecified atom stereocenters. The van der Waals surface area contributed by atoms with Crippen LogP contribution in [0.15, 0.2) is 18.2 Å². The highest BCUT2D eigenvalue weighted by molar-refractivity contribution is 14.1. The van der Waals surface area contributed by atoms with Crippen LogP contribution in [0.3, 0.4) is 0 Å². The predicted molar refractivity (Wildman–Crippen MR) is 83.5 cm³/mol. The van der Waals surface area contributed by atoms with E-state index in [2.05, 4.69) is 46.2 Å². The number of hydrazine groups is 1. The fourth-order valence-electron chi connectivity index (χ4n) is 2.75. The Morgan fingerprint density at radius 3 is 2.83 bits per heavy atom. The summed E-state index contributed by atoms with van der Waals surface area (Å²) in [5.74, 6) is 5.76. The van der Waals surface area contributed by atoms with Crippen LogP contribution in [-0.4, -0.2) is 4.98 Å². The number of rotatable bonds is 1. The predicted octanol–water partition coefficient (Wildman–Crippen LogP) is 3.39. The number of hydrogen-bond acceptors (Lipinski definition) is 3. The molecule has 0 bridgehead atoms. The highest BCUT2D eigenvalue weighted by atomic mass is 127. The molecule has 0 radical (unpaired) electrons. The van der Waals surface area contributed by atoms with Crippen LogP contribution < -0.4 is 11.3 Å². The van der Waals surface area contributed by atoms with Gasteiger partial charge in [-0.15, -0.1) is 0 Å². The molecule has 0 saturated heterocycles. The minimum absolute atomic E-state index is 1.07.